The van der Waals surface area contributed by atoms with Gasteiger partial charge in [-0.15, -0.1) is 0 Å². The Morgan fingerprint density at radius 1 is 0.840 bits per heavy atom. The lowest BCUT2D eigenvalue weighted by Gasteiger charge is -2.02. The molecule has 0 saturated heterocycles. The number of aromatic amines is 1. The second kappa shape index (κ2) is 6.00. The SMILES string of the molecule is N#CC(C#N)=C(C=c1[nH]c2cccc3cccc1c32)c1ccccc1. The van der Waals surface area contributed by atoms with Crippen molar-refractivity contribution in [1.82, 2.24) is 4.98 Å². The summed E-state index contributed by atoms with van der Waals surface area (Å²) in [6.07, 6.45) is 1.89. The van der Waals surface area contributed by atoms with Crippen molar-refractivity contribution in [2.24, 2.45) is 0 Å². The van der Waals surface area contributed by atoms with Crippen molar-refractivity contribution < 1.29 is 0 Å². The van der Waals surface area contributed by atoms with Crippen LogP contribution in [0, 0.1) is 22.7 Å². The Morgan fingerprint density at radius 3 is 2.28 bits per heavy atom. The van der Waals surface area contributed by atoms with E-state index in [1.807, 2.05) is 66.7 Å². The highest BCUT2D eigenvalue weighted by Gasteiger charge is 2.09. The van der Waals surface area contributed by atoms with Crippen LogP contribution in [0.5, 0.6) is 0 Å². The minimum Gasteiger partial charge on any atom is -0.354 e. The molecule has 0 radical (unpaired) electrons. The number of benzene rings is 3. The summed E-state index contributed by atoms with van der Waals surface area (Å²) < 4.78 is 0. The van der Waals surface area contributed by atoms with Gasteiger partial charge in [-0.25, -0.2) is 0 Å². The van der Waals surface area contributed by atoms with E-state index in [4.69, 9.17) is 0 Å². The van der Waals surface area contributed by atoms with E-state index >= 15 is 0 Å². The first kappa shape index (κ1) is 14.8. The van der Waals surface area contributed by atoms with Gasteiger partial charge in [-0.2, -0.15) is 10.5 Å². The van der Waals surface area contributed by atoms with E-state index in [1.165, 1.54) is 5.39 Å². The molecule has 0 aliphatic heterocycles. The average Bonchev–Trinajstić information content (AvgIpc) is 3.02. The van der Waals surface area contributed by atoms with Crippen LogP contribution in [0.2, 0.25) is 0 Å². The van der Waals surface area contributed by atoms with Gasteiger partial charge in [-0.1, -0.05) is 60.7 Å². The van der Waals surface area contributed by atoms with Gasteiger partial charge in [0.15, 0.2) is 0 Å². The Kier molecular flexibility index (Phi) is 3.54. The predicted molar refractivity (Wildman–Crippen MR) is 100 cm³/mol. The highest BCUT2D eigenvalue weighted by atomic mass is 14.7. The van der Waals surface area contributed by atoms with Crippen LogP contribution in [0.4, 0.5) is 0 Å². The third-order valence-corrected chi connectivity index (χ3v) is 4.33. The maximum Gasteiger partial charge on any atom is 0.137 e. The van der Waals surface area contributed by atoms with E-state index in [2.05, 4.69) is 23.2 Å². The zero-order valence-electron chi connectivity index (χ0n) is 13.3. The van der Waals surface area contributed by atoms with Crippen molar-refractivity contribution >= 4 is 33.3 Å². The van der Waals surface area contributed by atoms with Gasteiger partial charge in [-0.05, 0) is 23.1 Å². The van der Waals surface area contributed by atoms with E-state index in [1.54, 1.807) is 0 Å². The second-order valence-corrected chi connectivity index (χ2v) is 5.77. The number of H-pyrrole nitrogens is 1. The number of nitrogens with zero attached hydrogens (tertiary/aromatic N) is 2. The Morgan fingerprint density at radius 2 is 1.56 bits per heavy atom. The van der Waals surface area contributed by atoms with Gasteiger partial charge in [0.1, 0.15) is 17.7 Å². The Labute approximate surface area is 144 Å². The van der Waals surface area contributed by atoms with E-state index in [0.717, 1.165) is 27.2 Å². The monoisotopic (exact) mass is 319 g/mol. The van der Waals surface area contributed by atoms with Crippen LogP contribution in [-0.2, 0) is 0 Å². The summed E-state index contributed by atoms with van der Waals surface area (Å²) in [6, 6.07) is 25.8. The molecule has 0 aliphatic rings. The Hall–Kier alpha value is -3.82. The Bertz CT molecular complexity index is 1220. The van der Waals surface area contributed by atoms with E-state index in [0.29, 0.717) is 5.57 Å². The molecule has 25 heavy (non-hydrogen) atoms. The van der Waals surface area contributed by atoms with Gasteiger partial charge in [0.2, 0.25) is 0 Å². The molecule has 3 nitrogen and oxygen atoms in total. The zero-order chi connectivity index (χ0) is 17.2. The first-order valence-electron chi connectivity index (χ1n) is 7.92. The molecule has 4 aromatic rings. The summed E-state index contributed by atoms with van der Waals surface area (Å²) >= 11 is 0. The fourth-order valence-electron chi connectivity index (χ4n) is 3.20. The third kappa shape index (κ3) is 2.45. The molecule has 0 spiro atoms. The van der Waals surface area contributed by atoms with Crippen molar-refractivity contribution in [1.29, 1.82) is 10.5 Å². The van der Waals surface area contributed by atoms with Gasteiger partial charge in [-0.3, -0.25) is 0 Å². The lowest BCUT2D eigenvalue weighted by atomic mass is 10.00. The van der Waals surface area contributed by atoms with Crippen molar-refractivity contribution in [3.05, 3.63) is 83.2 Å². The van der Waals surface area contributed by atoms with Gasteiger partial charge in [0.05, 0.1) is 0 Å². The fourth-order valence-corrected chi connectivity index (χ4v) is 3.20. The summed E-state index contributed by atoms with van der Waals surface area (Å²) in [6.45, 7) is 0. The van der Waals surface area contributed by atoms with Crippen LogP contribution < -0.4 is 5.35 Å². The molecule has 116 valence electrons. The van der Waals surface area contributed by atoms with Gasteiger partial charge < -0.3 is 4.98 Å². The predicted octanol–water partition coefficient (Wildman–Crippen LogP) is 4.32. The zero-order valence-corrected chi connectivity index (χ0v) is 13.3. The van der Waals surface area contributed by atoms with E-state index in [9.17, 15) is 10.5 Å². The summed E-state index contributed by atoms with van der Waals surface area (Å²) in [5.41, 5.74) is 2.61. The van der Waals surface area contributed by atoms with Crippen LogP contribution in [0.15, 0.2) is 72.3 Å². The first-order chi connectivity index (χ1) is 12.3. The molecule has 0 atom stereocenters. The van der Waals surface area contributed by atoms with Crippen LogP contribution in [0.1, 0.15) is 5.56 Å². The summed E-state index contributed by atoms with van der Waals surface area (Å²) in [7, 11) is 0. The summed E-state index contributed by atoms with van der Waals surface area (Å²) in [5, 5.41) is 23.1. The summed E-state index contributed by atoms with van der Waals surface area (Å²) in [4.78, 5) is 3.42. The number of aromatic nitrogens is 1. The number of hydrogen-bond acceptors (Lipinski definition) is 2. The first-order valence-corrected chi connectivity index (χ1v) is 7.92. The summed E-state index contributed by atoms with van der Waals surface area (Å²) in [5.74, 6) is 0. The van der Waals surface area contributed by atoms with Crippen molar-refractivity contribution in [2.75, 3.05) is 0 Å². The molecule has 1 heterocycles. The van der Waals surface area contributed by atoms with Gasteiger partial charge >= 0.3 is 0 Å². The minimum absolute atomic E-state index is 0.101. The van der Waals surface area contributed by atoms with Gasteiger partial charge in [0, 0.05) is 27.2 Å². The minimum atomic E-state index is 0.101. The number of nitriles is 2. The van der Waals surface area contributed by atoms with E-state index in [-0.39, 0.29) is 5.57 Å². The topological polar surface area (TPSA) is 63.4 Å². The molecule has 0 fully saturated rings. The van der Waals surface area contributed by atoms with Crippen molar-refractivity contribution in [3.8, 4) is 12.1 Å². The van der Waals surface area contributed by atoms with E-state index < -0.39 is 0 Å². The molecule has 0 saturated carbocycles. The van der Waals surface area contributed by atoms with Crippen molar-refractivity contribution in [2.45, 2.75) is 0 Å². The smallest absolute Gasteiger partial charge is 0.137 e. The molecule has 1 aromatic heterocycles. The molecule has 3 heteroatoms. The molecule has 0 bridgehead atoms. The maximum absolute atomic E-state index is 9.38. The molecule has 4 rings (SSSR count). The Balaban J connectivity index is 2.08. The average molecular weight is 319 g/mol. The second-order valence-electron chi connectivity index (χ2n) is 5.77. The van der Waals surface area contributed by atoms with Gasteiger partial charge in [0.25, 0.3) is 0 Å². The maximum atomic E-state index is 9.38. The quantitative estimate of drug-likeness (QED) is 0.559. The van der Waals surface area contributed by atoms with Crippen LogP contribution >= 0.6 is 0 Å². The number of rotatable bonds is 2. The lowest BCUT2D eigenvalue weighted by molar-refractivity contribution is 1.40. The normalized spacial score (nSPS) is 11.4. The lowest BCUT2D eigenvalue weighted by Crippen LogP contribution is -2.02. The molecule has 0 amide bonds. The molecule has 0 unspecified atom stereocenters. The highest BCUT2D eigenvalue weighted by molar-refractivity contribution is 6.10. The van der Waals surface area contributed by atoms with Crippen LogP contribution in [0.3, 0.4) is 0 Å². The number of hydrogen-bond donors (Lipinski definition) is 1. The largest absolute Gasteiger partial charge is 0.354 e. The molecule has 0 aliphatic carbocycles. The molecular weight excluding hydrogens is 306 g/mol. The van der Waals surface area contributed by atoms with Crippen LogP contribution in [-0.4, -0.2) is 4.98 Å². The molecule has 1 N–H and O–H groups in total. The van der Waals surface area contributed by atoms with Crippen molar-refractivity contribution in [3.63, 3.8) is 0 Å². The standard InChI is InChI=1S/C22H13N3/c23-13-17(14-24)19(15-6-2-1-3-7-15)12-21-18-10-4-8-16-9-5-11-20(25-21)22(16)18/h1-12,25H. The fraction of sp³-hybridized carbons (Fsp3) is 0. The highest BCUT2D eigenvalue weighted by Crippen LogP contribution is 2.25. The number of allylic oxidation sites excluding steroid dienone is 2. The number of nitrogens with one attached hydrogen (secondary N) is 1. The third-order valence-electron chi connectivity index (χ3n) is 4.33. The molecular formula is C22H13N3. The van der Waals surface area contributed by atoms with Crippen LogP contribution in [0.25, 0.3) is 33.3 Å². The molecule has 3 aromatic carbocycles.